The van der Waals surface area contributed by atoms with Gasteiger partial charge in [0.25, 0.3) is 0 Å². The van der Waals surface area contributed by atoms with E-state index in [-0.39, 0.29) is 0 Å². The molecule has 0 spiro atoms. The number of furan rings is 1. The predicted molar refractivity (Wildman–Crippen MR) is 59.5 cm³/mol. The Morgan fingerprint density at radius 3 is 2.23 bits per heavy atom. The summed E-state index contributed by atoms with van der Waals surface area (Å²) in [5.41, 5.74) is 2.19. The third-order valence-electron chi connectivity index (χ3n) is 1.77. The zero-order valence-electron chi connectivity index (χ0n) is 6.63. The van der Waals surface area contributed by atoms with Crippen LogP contribution in [0.5, 0.6) is 0 Å². The molecule has 0 aliphatic carbocycles. The Morgan fingerprint density at radius 2 is 1.69 bits per heavy atom. The van der Waals surface area contributed by atoms with Crippen molar-refractivity contribution in [3.05, 3.63) is 45.7 Å². The molecule has 1 aromatic heterocycles. The standard InChI is InChI=1S/C10H6Br2O/c11-8-2-1-3-9(12)10(8)7-4-5-13-6-7/h1-6H. The molecule has 0 radical (unpaired) electrons. The van der Waals surface area contributed by atoms with Crippen LogP contribution < -0.4 is 0 Å². The lowest BCUT2D eigenvalue weighted by Gasteiger charge is -2.03. The molecule has 0 fully saturated rings. The molecule has 0 amide bonds. The van der Waals surface area contributed by atoms with Crippen molar-refractivity contribution in [2.45, 2.75) is 0 Å². The van der Waals surface area contributed by atoms with Crippen LogP contribution in [0.1, 0.15) is 0 Å². The van der Waals surface area contributed by atoms with Crippen molar-refractivity contribution in [3.8, 4) is 11.1 Å². The monoisotopic (exact) mass is 300 g/mol. The Bertz CT molecular complexity index is 387. The fourth-order valence-electron chi connectivity index (χ4n) is 1.18. The average Bonchev–Trinajstić information content (AvgIpc) is 2.57. The number of hydrogen-bond donors (Lipinski definition) is 0. The fourth-order valence-corrected chi connectivity index (χ4v) is 2.64. The van der Waals surface area contributed by atoms with Crippen LogP contribution in [0.25, 0.3) is 11.1 Å². The molecule has 2 rings (SSSR count). The first-order valence-corrected chi connectivity index (χ1v) is 5.34. The van der Waals surface area contributed by atoms with E-state index < -0.39 is 0 Å². The lowest BCUT2D eigenvalue weighted by atomic mass is 10.1. The summed E-state index contributed by atoms with van der Waals surface area (Å²) >= 11 is 6.99. The van der Waals surface area contributed by atoms with Crippen molar-refractivity contribution < 1.29 is 4.42 Å². The van der Waals surface area contributed by atoms with Gasteiger partial charge in [0.2, 0.25) is 0 Å². The van der Waals surface area contributed by atoms with E-state index in [0.29, 0.717) is 0 Å². The number of halogens is 2. The quantitative estimate of drug-likeness (QED) is 0.757. The highest BCUT2D eigenvalue weighted by Crippen LogP contribution is 2.34. The van der Waals surface area contributed by atoms with Crippen LogP contribution in [-0.2, 0) is 0 Å². The first kappa shape index (κ1) is 9.03. The largest absolute Gasteiger partial charge is 0.472 e. The van der Waals surface area contributed by atoms with Crippen LogP contribution in [0, 0.1) is 0 Å². The molecule has 0 N–H and O–H groups in total. The van der Waals surface area contributed by atoms with Gasteiger partial charge in [0.05, 0.1) is 12.5 Å². The van der Waals surface area contributed by atoms with Crippen LogP contribution in [0.4, 0.5) is 0 Å². The smallest absolute Gasteiger partial charge is 0.0981 e. The van der Waals surface area contributed by atoms with Crippen molar-refractivity contribution in [1.29, 1.82) is 0 Å². The van der Waals surface area contributed by atoms with E-state index in [4.69, 9.17) is 4.42 Å². The summed E-state index contributed by atoms with van der Waals surface area (Å²) in [5.74, 6) is 0. The zero-order chi connectivity index (χ0) is 9.26. The SMILES string of the molecule is Brc1cccc(Br)c1-c1ccoc1. The van der Waals surface area contributed by atoms with E-state index >= 15 is 0 Å². The molecule has 0 saturated heterocycles. The molecule has 1 aromatic carbocycles. The van der Waals surface area contributed by atoms with Crippen molar-refractivity contribution in [2.24, 2.45) is 0 Å². The summed E-state index contributed by atoms with van der Waals surface area (Å²) in [7, 11) is 0. The van der Waals surface area contributed by atoms with Gasteiger partial charge < -0.3 is 4.42 Å². The third-order valence-corrected chi connectivity index (χ3v) is 3.09. The molecule has 0 saturated carbocycles. The summed E-state index contributed by atoms with van der Waals surface area (Å²) in [6.45, 7) is 0. The summed E-state index contributed by atoms with van der Waals surface area (Å²) < 4.78 is 7.15. The van der Waals surface area contributed by atoms with Gasteiger partial charge in [0.1, 0.15) is 0 Å². The van der Waals surface area contributed by atoms with Crippen molar-refractivity contribution in [1.82, 2.24) is 0 Å². The summed E-state index contributed by atoms with van der Waals surface area (Å²) in [6, 6.07) is 7.93. The minimum atomic E-state index is 1.06. The van der Waals surface area contributed by atoms with E-state index in [1.165, 1.54) is 0 Å². The zero-order valence-corrected chi connectivity index (χ0v) is 9.80. The molecular formula is C10H6Br2O. The Balaban J connectivity index is 2.64. The van der Waals surface area contributed by atoms with Crippen LogP contribution >= 0.6 is 31.9 Å². The Morgan fingerprint density at radius 1 is 1.00 bits per heavy atom. The molecule has 2 aromatic rings. The highest BCUT2D eigenvalue weighted by Gasteiger charge is 2.07. The van der Waals surface area contributed by atoms with E-state index in [1.807, 2.05) is 24.3 Å². The van der Waals surface area contributed by atoms with Crippen LogP contribution in [0.2, 0.25) is 0 Å². The summed E-state index contributed by atoms with van der Waals surface area (Å²) in [4.78, 5) is 0. The maximum atomic E-state index is 5.04. The van der Waals surface area contributed by atoms with Gasteiger partial charge >= 0.3 is 0 Å². The molecule has 3 heteroatoms. The molecule has 1 nitrogen and oxygen atoms in total. The van der Waals surface area contributed by atoms with Gasteiger partial charge in [0.15, 0.2) is 0 Å². The van der Waals surface area contributed by atoms with Crippen molar-refractivity contribution in [2.75, 3.05) is 0 Å². The molecular weight excluding hydrogens is 296 g/mol. The highest BCUT2D eigenvalue weighted by atomic mass is 79.9. The second-order valence-electron chi connectivity index (χ2n) is 2.61. The minimum Gasteiger partial charge on any atom is -0.472 e. The minimum absolute atomic E-state index is 1.06. The lowest BCUT2D eigenvalue weighted by molar-refractivity contribution is 0.568. The topological polar surface area (TPSA) is 13.1 Å². The maximum Gasteiger partial charge on any atom is 0.0981 e. The molecule has 13 heavy (non-hydrogen) atoms. The highest BCUT2D eigenvalue weighted by molar-refractivity contribution is 9.11. The summed E-state index contributed by atoms with van der Waals surface area (Å²) in [5, 5.41) is 0. The lowest BCUT2D eigenvalue weighted by Crippen LogP contribution is -1.78. The average molecular weight is 302 g/mol. The maximum absolute atomic E-state index is 5.04. The van der Waals surface area contributed by atoms with E-state index in [1.54, 1.807) is 12.5 Å². The third kappa shape index (κ3) is 1.71. The van der Waals surface area contributed by atoms with Gasteiger partial charge in [-0.05, 0) is 18.2 Å². The van der Waals surface area contributed by atoms with Gasteiger partial charge in [-0.1, -0.05) is 37.9 Å². The molecule has 0 unspecified atom stereocenters. The second kappa shape index (κ2) is 3.68. The molecule has 0 aliphatic rings. The number of rotatable bonds is 1. The van der Waals surface area contributed by atoms with Gasteiger partial charge in [0, 0.05) is 20.1 Å². The Hall–Kier alpha value is -0.540. The predicted octanol–water partition coefficient (Wildman–Crippen LogP) is 4.47. The van der Waals surface area contributed by atoms with Crippen molar-refractivity contribution in [3.63, 3.8) is 0 Å². The van der Waals surface area contributed by atoms with Gasteiger partial charge in [-0.3, -0.25) is 0 Å². The van der Waals surface area contributed by atoms with Gasteiger partial charge in [-0.2, -0.15) is 0 Å². The van der Waals surface area contributed by atoms with E-state index in [9.17, 15) is 0 Å². The van der Waals surface area contributed by atoms with Crippen LogP contribution in [0.3, 0.4) is 0 Å². The van der Waals surface area contributed by atoms with Gasteiger partial charge in [-0.15, -0.1) is 0 Å². The normalized spacial score (nSPS) is 10.3. The number of hydrogen-bond acceptors (Lipinski definition) is 1. The first-order chi connectivity index (χ1) is 6.29. The Labute approximate surface area is 93.0 Å². The van der Waals surface area contributed by atoms with Gasteiger partial charge in [-0.25, -0.2) is 0 Å². The number of benzene rings is 1. The molecule has 0 bridgehead atoms. The Kier molecular flexibility index (Phi) is 2.56. The van der Waals surface area contributed by atoms with Crippen LogP contribution in [0.15, 0.2) is 50.2 Å². The fraction of sp³-hybridized carbons (Fsp3) is 0. The van der Waals surface area contributed by atoms with Crippen molar-refractivity contribution >= 4 is 31.9 Å². The van der Waals surface area contributed by atoms with Crippen LogP contribution in [-0.4, -0.2) is 0 Å². The van der Waals surface area contributed by atoms with E-state index in [0.717, 1.165) is 20.1 Å². The summed E-state index contributed by atoms with van der Waals surface area (Å²) in [6.07, 6.45) is 3.39. The molecule has 66 valence electrons. The second-order valence-corrected chi connectivity index (χ2v) is 4.32. The molecule has 1 heterocycles. The van der Waals surface area contributed by atoms with E-state index in [2.05, 4.69) is 31.9 Å². The molecule has 0 aliphatic heterocycles. The first-order valence-electron chi connectivity index (χ1n) is 3.75. The molecule has 0 atom stereocenters.